The third-order valence-electron chi connectivity index (χ3n) is 5.88. The molecule has 4 heteroatoms. The summed E-state index contributed by atoms with van der Waals surface area (Å²) in [5.41, 5.74) is 6.86. The molecule has 2 aliphatic rings. The highest BCUT2D eigenvalue weighted by Gasteiger charge is 2.33. The predicted molar refractivity (Wildman–Crippen MR) is 113 cm³/mol. The van der Waals surface area contributed by atoms with Gasteiger partial charge in [-0.2, -0.15) is 0 Å². The summed E-state index contributed by atoms with van der Waals surface area (Å²) in [4.78, 5) is 12.7. The molecule has 1 unspecified atom stereocenters. The SMILES string of the molecule is CCCOC(C(=O)OC)c1c(C)ccc(C2CC2)c1-c1ccc2c(c1)CCCO2. The molecule has 0 N–H and O–H groups in total. The van der Waals surface area contributed by atoms with Crippen molar-refractivity contribution in [1.82, 2.24) is 0 Å². The second-order valence-electron chi connectivity index (χ2n) is 8.08. The molecule has 0 saturated heterocycles. The van der Waals surface area contributed by atoms with Gasteiger partial charge in [0, 0.05) is 12.2 Å². The van der Waals surface area contributed by atoms with Crippen LogP contribution < -0.4 is 4.74 Å². The van der Waals surface area contributed by atoms with Gasteiger partial charge in [-0.15, -0.1) is 0 Å². The summed E-state index contributed by atoms with van der Waals surface area (Å²) in [5, 5.41) is 0. The lowest BCUT2D eigenvalue weighted by molar-refractivity contribution is -0.154. The average Bonchev–Trinajstić information content (AvgIpc) is 3.59. The Morgan fingerprint density at radius 1 is 1.24 bits per heavy atom. The van der Waals surface area contributed by atoms with Crippen molar-refractivity contribution >= 4 is 5.97 Å². The quantitative estimate of drug-likeness (QED) is 0.581. The third-order valence-corrected chi connectivity index (χ3v) is 5.88. The molecule has 0 aromatic heterocycles. The summed E-state index contributed by atoms with van der Waals surface area (Å²) >= 11 is 0. The lowest BCUT2D eigenvalue weighted by Gasteiger charge is -2.25. The molecule has 0 radical (unpaired) electrons. The van der Waals surface area contributed by atoms with Gasteiger partial charge in [0.05, 0.1) is 13.7 Å². The van der Waals surface area contributed by atoms with Crippen LogP contribution in [0.4, 0.5) is 0 Å². The second kappa shape index (κ2) is 8.58. The first kappa shape index (κ1) is 20.0. The Balaban J connectivity index is 1.89. The largest absolute Gasteiger partial charge is 0.493 e. The van der Waals surface area contributed by atoms with Gasteiger partial charge in [-0.05, 0) is 84.9 Å². The molecule has 0 bridgehead atoms. The van der Waals surface area contributed by atoms with E-state index >= 15 is 0 Å². The van der Waals surface area contributed by atoms with Gasteiger partial charge < -0.3 is 14.2 Å². The number of aryl methyl sites for hydroxylation is 2. The Morgan fingerprint density at radius 3 is 2.79 bits per heavy atom. The molecule has 1 fully saturated rings. The van der Waals surface area contributed by atoms with Crippen LogP contribution >= 0.6 is 0 Å². The monoisotopic (exact) mass is 394 g/mol. The number of rotatable bonds is 7. The van der Waals surface area contributed by atoms with E-state index in [1.165, 1.54) is 31.1 Å². The van der Waals surface area contributed by atoms with E-state index in [1.807, 2.05) is 6.92 Å². The first-order valence-corrected chi connectivity index (χ1v) is 10.7. The minimum Gasteiger partial charge on any atom is -0.493 e. The topological polar surface area (TPSA) is 44.8 Å². The second-order valence-corrected chi connectivity index (χ2v) is 8.08. The number of hydrogen-bond donors (Lipinski definition) is 0. The van der Waals surface area contributed by atoms with Gasteiger partial charge in [0.2, 0.25) is 0 Å². The summed E-state index contributed by atoms with van der Waals surface area (Å²) in [6, 6.07) is 10.8. The van der Waals surface area contributed by atoms with Crippen LogP contribution in [0.25, 0.3) is 11.1 Å². The molecule has 4 rings (SSSR count). The van der Waals surface area contributed by atoms with Crippen LogP contribution in [0.2, 0.25) is 0 Å². The van der Waals surface area contributed by atoms with Crippen molar-refractivity contribution in [3.8, 4) is 16.9 Å². The molecule has 1 aliphatic carbocycles. The molecule has 1 saturated carbocycles. The summed E-state index contributed by atoms with van der Waals surface area (Å²) in [7, 11) is 1.43. The van der Waals surface area contributed by atoms with Crippen LogP contribution in [0.1, 0.15) is 66.9 Å². The zero-order valence-electron chi connectivity index (χ0n) is 17.6. The Bertz CT molecular complexity index is 898. The van der Waals surface area contributed by atoms with Crippen LogP contribution in [0.5, 0.6) is 5.75 Å². The number of carbonyl (C=O) groups is 1. The molecular formula is C25H30O4. The molecule has 2 aromatic carbocycles. The fourth-order valence-electron chi connectivity index (χ4n) is 4.26. The lowest BCUT2D eigenvalue weighted by atomic mass is 9.85. The van der Waals surface area contributed by atoms with Crippen LogP contribution in [-0.4, -0.2) is 26.3 Å². The standard InChI is InChI=1S/C25H30O4/c1-4-13-29-24(25(26)27-3)22-16(2)7-11-20(17-8-9-17)23(22)19-10-12-21-18(15-19)6-5-14-28-21/h7,10-12,15,17,24H,4-6,8-9,13-14H2,1-3H3. The first-order valence-electron chi connectivity index (χ1n) is 10.7. The highest BCUT2D eigenvalue weighted by molar-refractivity contribution is 5.84. The summed E-state index contributed by atoms with van der Waals surface area (Å²) in [6.45, 7) is 5.41. The number of esters is 1. The molecule has 1 heterocycles. The molecule has 0 spiro atoms. The smallest absolute Gasteiger partial charge is 0.339 e. The van der Waals surface area contributed by atoms with Gasteiger partial charge in [0.1, 0.15) is 5.75 Å². The fourth-order valence-corrected chi connectivity index (χ4v) is 4.26. The van der Waals surface area contributed by atoms with Gasteiger partial charge >= 0.3 is 5.97 Å². The van der Waals surface area contributed by atoms with Crippen LogP contribution in [0.15, 0.2) is 30.3 Å². The number of carbonyl (C=O) groups excluding carboxylic acids is 1. The van der Waals surface area contributed by atoms with Crippen molar-refractivity contribution in [2.75, 3.05) is 20.3 Å². The molecule has 1 aliphatic heterocycles. The Labute approximate surface area is 173 Å². The van der Waals surface area contributed by atoms with E-state index in [1.54, 1.807) is 0 Å². The van der Waals surface area contributed by atoms with E-state index < -0.39 is 6.10 Å². The van der Waals surface area contributed by atoms with E-state index in [0.717, 1.165) is 53.9 Å². The Morgan fingerprint density at radius 2 is 2.07 bits per heavy atom. The van der Waals surface area contributed by atoms with Crippen LogP contribution in [0.3, 0.4) is 0 Å². The molecule has 1 atom stereocenters. The van der Waals surface area contributed by atoms with E-state index in [-0.39, 0.29) is 5.97 Å². The summed E-state index contributed by atoms with van der Waals surface area (Å²) in [6.07, 6.45) is 4.60. The van der Waals surface area contributed by atoms with E-state index in [0.29, 0.717) is 12.5 Å². The summed E-state index contributed by atoms with van der Waals surface area (Å²) in [5.74, 6) is 1.20. The fraction of sp³-hybridized carbons (Fsp3) is 0.480. The van der Waals surface area contributed by atoms with E-state index in [2.05, 4.69) is 37.3 Å². The van der Waals surface area contributed by atoms with Crippen molar-refractivity contribution in [1.29, 1.82) is 0 Å². The zero-order valence-corrected chi connectivity index (χ0v) is 17.6. The number of ether oxygens (including phenoxy) is 3. The molecule has 154 valence electrons. The van der Waals surface area contributed by atoms with Gasteiger partial charge in [-0.1, -0.05) is 25.1 Å². The lowest BCUT2D eigenvalue weighted by Crippen LogP contribution is -2.20. The van der Waals surface area contributed by atoms with Gasteiger partial charge in [0.25, 0.3) is 0 Å². The summed E-state index contributed by atoms with van der Waals surface area (Å²) < 4.78 is 17.0. The molecule has 2 aromatic rings. The first-order chi connectivity index (χ1) is 14.1. The number of hydrogen-bond acceptors (Lipinski definition) is 4. The average molecular weight is 395 g/mol. The van der Waals surface area contributed by atoms with E-state index in [9.17, 15) is 4.79 Å². The number of benzene rings is 2. The van der Waals surface area contributed by atoms with Crippen LogP contribution in [0, 0.1) is 6.92 Å². The normalized spacial score (nSPS) is 16.7. The van der Waals surface area contributed by atoms with Crippen molar-refractivity contribution in [2.24, 2.45) is 0 Å². The Hall–Kier alpha value is -2.33. The van der Waals surface area contributed by atoms with Gasteiger partial charge in [-0.25, -0.2) is 4.79 Å². The maximum atomic E-state index is 12.7. The molecule has 29 heavy (non-hydrogen) atoms. The van der Waals surface area contributed by atoms with Crippen molar-refractivity contribution in [3.63, 3.8) is 0 Å². The van der Waals surface area contributed by atoms with Crippen molar-refractivity contribution in [3.05, 3.63) is 52.6 Å². The predicted octanol–water partition coefficient (Wildman–Crippen LogP) is 5.51. The zero-order chi connectivity index (χ0) is 20.4. The Kier molecular flexibility index (Phi) is 5.91. The van der Waals surface area contributed by atoms with Crippen LogP contribution in [-0.2, 0) is 20.7 Å². The number of methoxy groups -OCH3 is 1. The van der Waals surface area contributed by atoms with E-state index in [4.69, 9.17) is 14.2 Å². The maximum absolute atomic E-state index is 12.7. The molecular weight excluding hydrogens is 364 g/mol. The van der Waals surface area contributed by atoms with Crippen molar-refractivity contribution in [2.45, 2.75) is 58.0 Å². The minimum absolute atomic E-state index is 0.336. The van der Waals surface area contributed by atoms with Gasteiger partial charge in [0.15, 0.2) is 6.10 Å². The van der Waals surface area contributed by atoms with Crippen molar-refractivity contribution < 1.29 is 19.0 Å². The third kappa shape index (κ3) is 4.04. The highest BCUT2D eigenvalue weighted by atomic mass is 16.6. The molecule has 0 amide bonds. The minimum atomic E-state index is -0.707. The maximum Gasteiger partial charge on any atom is 0.339 e. The highest BCUT2D eigenvalue weighted by Crippen LogP contribution is 2.48. The number of fused-ring (bicyclic) bond motifs is 1. The van der Waals surface area contributed by atoms with Gasteiger partial charge in [-0.3, -0.25) is 0 Å². The molecule has 4 nitrogen and oxygen atoms in total.